The van der Waals surface area contributed by atoms with Gasteiger partial charge in [0.15, 0.2) is 0 Å². The number of carboxylic acid groups (broad SMARTS) is 1. The van der Waals surface area contributed by atoms with E-state index in [2.05, 4.69) is 42.2 Å². The Labute approximate surface area is 164 Å². The highest BCUT2D eigenvalue weighted by atomic mass is 32.1. The van der Waals surface area contributed by atoms with Crippen molar-refractivity contribution in [3.8, 4) is 0 Å². The second-order valence-electron chi connectivity index (χ2n) is 6.24. The van der Waals surface area contributed by atoms with E-state index in [9.17, 15) is 4.79 Å². The molecule has 0 aliphatic carbocycles. The molecule has 0 amide bonds. The summed E-state index contributed by atoms with van der Waals surface area (Å²) in [6.45, 7) is 2.65. The van der Waals surface area contributed by atoms with Gasteiger partial charge in [0.25, 0.3) is 0 Å². The Morgan fingerprint density at radius 1 is 1.04 bits per heavy atom. The van der Waals surface area contributed by atoms with Gasteiger partial charge in [-0.25, -0.2) is 4.79 Å². The number of nitrogen functional groups attached to an aromatic ring is 1. The molecule has 3 N–H and O–H groups in total. The van der Waals surface area contributed by atoms with Gasteiger partial charge in [0.05, 0.1) is 0 Å². The number of carbonyl (C=O) groups is 1. The van der Waals surface area contributed by atoms with Crippen molar-refractivity contribution in [3.05, 3.63) is 46.7 Å². The molecule has 0 bridgehead atoms. The number of nitrogens with two attached hydrogens (primary N) is 1. The van der Waals surface area contributed by atoms with Gasteiger partial charge in [-0.2, -0.15) is 15.0 Å². The number of aromatic carboxylic acids is 1. The van der Waals surface area contributed by atoms with Crippen LogP contribution in [0.2, 0.25) is 0 Å². The molecular formula is C17H18N8O2S. The Balaban J connectivity index is 1.40. The van der Waals surface area contributed by atoms with Crippen LogP contribution in [0.3, 0.4) is 0 Å². The first-order valence-electron chi connectivity index (χ1n) is 8.69. The molecular weight excluding hydrogens is 380 g/mol. The summed E-state index contributed by atoms with van der Waals surface area (Å²) in [7, 11) is 0. The molecule has 0 radical (unpaired) electrons. The summed E-state index contributed by atoms with van der Waals surface area (Å²) in [4.78, 5) is 26.8. The van der Waals surface area contributed by atoms with Crippen LogP contribution in [0.1, 0.15) is 21.2 Å². The predicted octanol–water partition coefficient (Wildman–Crippen LogP) is 0.921. The van der Waals surface area contributed by atoms with Crippen LogP contribution in [0.15, 0.2) is 30.3 Å². The summed E-state index contributed by atoms with van der Waals surface area (Å²) >= 11 is 1.59. The molecule has 0 spiro atoms. The molecule has 0 atom stereocenters. The molecule has 4 rings (SSSR count). The molecule has 2 aromatic heterocycles. The molecule has 10 nitrogen and oxygen atoms in total. The average molecular weight is 398 g/mol. The maximum Gasteiger partial charge on any atom is 0.374 e. The van der Waals surface area contributed by atoms with Crippen molar-refractivity contribution < 1.29 is 9.90 Å². The molecule has 3 aromatic rings. The predicted molar refractivity (Wildman–Crippen MR) is 105 cm³/mol. The van der Waals surface area contributed by atoms with Crippen LogP contribution in [0, 0.1) is 0 Å². The van der Waals surface area contributed by atoms with Crippen molar-refractivity contribution in [2.45, 2.75) is 6.42 Å². The fraction of sp³-hybridized carbons (Fsp3) is 0.294. The van der Waals surface area contributed by atoms with Gasteiger partial charge in [-0.05, 0) is 5.56 Å². The summed E-state index contributed by atoms with van der Waals surface area (Å²) < 4.78 is 0. The minimum absolute atomic E-state index is 0.0977. The largest absolute Gasteiger partial charge is 0.475 e. The van der Waals surface area contributed by atoms with Gasteiger partial charge in [0.1, 0.15) is 5.01 Å². The van der Waals surface area contributed by atoms with E-state index in [1.165, 1.54) is 5.56 Å². The third-order valence-electron chi connectivity index (χ3n) is 4.32. The third kappa shape index (κ3) is 3.98. The standard InChI is InChI=1S/C17H18N8O2S/c18-15-19-13(14(26)27)20-16(21-15)24-6-8-25(9-7-24)17-23-22-12(28-17)10-11-4-2-1-3-5-11/h1-5H,6-10H2,(H,26,27)(H2,18,19,20,21). The molecule has 1 aliphatic rings. The molecule has 144 valence electrons. The molecule has 1 saturated heterocycles. The summed E-state index contributed by atoms with van der Waals surface area (Å²) in [6.07, 6.45) is 0.764. The highest BCUT2D eigenvalue weighted by molar-refractivity contribution is 7.15. The first-order valence-corrected chi connectivity index (χ1v) is 9.51. The van der Waals surface area contributed by atoms with E-state index >= 15 is 0 Å². The molecule has 28 heavy (non-hydrogen) atoms. The Hall–Kier alpha value is -3.34. The van der Waals surface area contributed by atoms with Gasteiger partial charge in [-0.15, -0.1) is 10.2 Å². The summed E-state index contributed by atoms with van der Waals surface area (Å²) in [6, 6.07) is 10.2. The maximum atomic E-state index is 11.1. The number of hydrogen-bond acceptors (Lipinski definition) is 10. The van der Waals surface area contributed by atoms with Crippen LogP contribution in [0.4, 0.5) is 17.0 Å². The highest BCUT2D eigenvalue weighted by Gasteiger charge is 2.23. The van der Waals surface area contributed by atoms with E-state index in [4.69, 9.17) is 10.8 Å². The van der Waals surface area contributed by atoms with Crippen LogP contribution in [-0.4, -0.2) is 62.4 Å². The highest BCUT2D eigenvalue weighted by Crippen LogP contribution is 2.24. The number of nitrogens with zero attached hydrogens (tertiary/aromatic N) is 7. The number of benzene rings is 1. The number of anilines is 3. The number of rotatable bonds is 5. The van der Waals surface area contributed by atoms with Crippen LogP contribution in [0.5, 0.6) is 0 Å². The van der Waals surface area contributed by atoms with Gasteiger partial charge in [0, 0.05) is 32.6 Å². The van der Waals surface area contributed by atoms with E-state index in [1.54, 1.807) is 11.3 Å². The van der Waals surface area contributed by atoms with Crippen LogP contribution < -0.4 is 15.5 Å². The van der Waals surface area contributed by atoms with E-state index < -0.39 is 5.97 Å². The SMILES string of the molecule is Nc1nc(C(=O)O)nc(N2CCN(c3nnc(Cc4ccccc4)s3)CC2)n1. The Kier molecular flexibility index (Phi) is 4.98. The lowest BCUT2D eigenvalue weighted by atomic mass is 10.2. The van der Waals surface area contributed by atoms with Crippen LogP contribution in [-0.2, 0) is 6.42 Å². The van der Waals surface area contributed by atoms with Gasteiger partial charge in [0.2, 0.25) is 22.9 Å². The fourth-order valence-electron chi connectivity index (χ4n) is 2.93. The van der Waals surface area contributed by atoms with Crippen molar-refractivity contribution in [2.24, 2.45) is 0 Å². The Bertz CT molecular complexity index is 972. The molecule has 1 aliphatic heterocycles. The minimum atomic E-state index is -1.23. The molecule has 1 fully saturated rings. The van der Waals surface area contributed by atoms with Crippen molar-refractivity contribution in [2.75, 3.05) is 41.7 Å². The first-order chi connectivity index (χ1) is 13.6. The third-order valence-corrected chi connectivity index (χ3v) is 5.30. The van der Waals surface area contributed by atoms with Crippen LogP contribution in [0.25, 0.3) is 0 Å². The number of aromatic nitrogens is 5. The van der Waals surface area contributed by atoms with Gasteiger partial charge in [-0.1, -0.05) is 41.7 Å². The normalized spacial score (nSPS) is 14.3. The summed E-state index contributed by atoms with van der Waals surface area (Å²) in [5.74, 6) is -1.39. The monoisotopic (exact) mass is 398 g/mol. The summed E-state index contributed by atoms with van der Waals surface area (Å²) in [5, 5.41) is 19.6. The second-order valence-corrected chi connectivity index (χ2v) is 7.28. The van der Waals surface area contributed by atoms with E-state index in [0.717, 1.165) is 16.6 Å². The molecule has 1 aromatic carbocycles. The maximum absolute atomic E-state index is 11.1. The van der Waals surface area contributed by atoms with Gasteiger partial charge < -0.3 is 20.6 Å². The first kappa shape index (κ1) is 18.0. The topological polar surface area (TPSA) is 134 Å². The molecule has 0 saturated carbocycles. The smallest absolute Gasteiger partial charge is 0.374 e. The lowest BCUT2D eigenvalue weighted by molar-refractivity contribution is 0.0683. The molecule has 11 heteroatoms. The second kappa shape index (κ2) is 7.72. The fourth-order valence-corrected chi connectivity index (χ4v) is 3.85. The number of piperazine rings is 1. The quantitative estimate of drug-likeness (QED) is 0.639. The number of carboxylic acids is 1. The van der Waals surface area contributed by atoms with E-state index in [1.807, 2.05) is 23.1 Å². The number of hydrogen-bond donors (Lipinski definition) is 2. The molecule has 3 heterocycles. The van der Waals surface area contributed by atoms with E-state index in [-0.39, 0.29) is 17.7 Å². The Morgan fingerprint density at radius 2 is 1.75 bits per heavy atom. The van der Waals surface area contributed by atoms with E-state index in [0.29, 0.717) is 26.2 Å². The van der Waals surface area contributed by atoms with Crippen molar-refractivity contribution in [1.82, 2.24) is 25.1 Å². The van der Waals surface area contributed by atoms with Gasteiger partial charge >= 0.3 is 5.97 Å². The Morgan fingerprint density at radius 3 is 2.46 bits per heavy atom. The zero-order valence-electron chi connectivity index (χ0n) is 14.9. The van der Waals surface area contributed by atoms with Crippen molar-refractivity contribution in [1.29, 1.82) is 0 Å². The lowest BCUT2D eigenvalue weighted by Gasteiger charge is -2.34. The lowest BCUT2D eigenvalue weighted by Crippen LogP contribution is -2.47. The minimum Gasteiger partial charge on any atom is -0.475 e. The average Bonchev–Trinajstić information content (AvgIpc) is 3.17. The summed E-state index contributed by atoms with van der Waals surface area (Å²) in [5.41, 5.74) is 6.81. The zero-order chi connectivity index (χ0) is 19.5. The zero-order valence-corrected chi connectivity index (χ0v) is 15.7. The van der Waals surface area contributed by atoms with Crippen molar-refractivity contribution >= 4 is 34.3 Å². The van der Waals surface area contributed by atoms with Crippen LogP contribution >= 0.6 is 11.3 Å². The van der Waals surface area contributed by atoms with Crippen molar-refractivity contribution in [3.63, 3.8) is 0 Å². The van der Waals surface area contributed by atoms with Gasteiger partial charge in [-0.3, -0.25) is 0 Å². The molecule has 0 unspecified atom stereocenters.